The summed E-state index contributed by atoms with van der Waals surface area (Å²) in [6, 6.07) is 33.4. The minimum atomic E-state index is -0.332. The first-order valence-electron chi connectivity index (χ1n) is 13.7. The second-order valence-corrected chi connectivity index (χ2v) is 10.4. The summed E-state index contributed by atoms with van der Waals surface area (Å²) in [4.78, 5) is 57.8. The van der Waals surface area contributed by atoms with E-state index in [1.54, 1.807) is 48.5 Å². The standard InChI is InChI=1S/C34H29N3O4/c38-31-27-15-7-8-16-28(27)32(39)36(31)20-19-26(23-37-33(40)29-17-9-10-18-30(29)34(37)41)35(21-24-11-3-1-4-12-24)22-25-13-5-2-6-14-25/h1-18,26H,19-23H2/t26-/m0/s1. The third kappa shape index (κ3) is 5.19. The molecule has 4 aromatic carbocycles. The summed E-state index contributed by atoms with van der Waals surface area (Å²) in [7, 11) is 0. The van der Waals surface area contributed by atoms with E-state index in [1.807, 2.05) is 60.7 Å². The molecule has 7 heteroatoms. The molecule has 204 valence electrons. The maximum Gasteiger partial charge on any atom is 0.261 e. The fourth-order valence-corrected chi connectivity index (χ4v) is 5.68. The van der Waals surface area contributed by atoms with Gasteiger partial charge in [-0.25, -0.2) is 0 Å². The van der Waals surface area contributed by atoms with Crippen molar-refractivity contribution in [3.8, 4) is 0 Å². The first-order valence-corrected chi connectivity index (χ1v) is 13.7. The fraction of sp³-hybridized carbons (Fsp3) is 0.176. The van der Waals surface area contributed by atoms with Crippen LogP contribution in [0.3, 0.4) is 0 Å². The Balaban J connectivity index is 1.31. The van der Waals surface area contributed by atoms with Crippen molar-refractivity contribution in [2.24, 2.45) is 0 Å². The fourth-order valence-electron chi connectivity index (χ4n) is 5.68. The van der Waals surface area contributed by atoms with Crippen molar-refractivity contribution in [3.05, 3.63) is 143 Å². The molecule has 0 unspecified atom stereocenters. The Bertz CT molecular complexity index is 1510. The van der Waals surface area contributed by atoms with Gasteiger partial charge in [0.15, 0.2) is 0 Å². The van der Waals surface area contributed by atoms with Crippen molar-refractivity contribution in [2.45, 2.75) is 25.6 Å². The monoisotopic (exact) mass is 543 g/mol. The van der Waals surface area contributed by atoms with Gasteiger partial charge in [0, 0.05) is 32.2 Å². The summed E-state index contributed by atoms with van der Waals surface area (Å²) in [6.07, 6.45) is 0.387. The van der Waals surface area contributed by atoms with Gasteiger partial charge in [-0.2, -0.15) is 0 Å². The van der Waals surface area contributed by atoms with E-state index in [2.05, 4.69) is 4.90 Å². The van der Waals surface area contributed by atoms with Gasteiger partial charge in [-0.1, -0.05) is 84.9 Å². The van der Waals surface area contributed by atoms with Crippen LogP contribution in [0.25, 0.3) is 0 Å². The number of carbonyl (C=O) groups is 4. The minimum absolute atomic E-state index is 0.134. The Morgan fingerprint density at radius 3 is 1.27 bits per heavy atom. The van der Waals surface area contributed by atoms with Crippen molar-refractivity contribution >= 4 is 23.6 Å². The summed E-state index contributed by atoms with van der Waals surface area (Å²) in [5, 5.41) is 0. The highest BCUT2D eigenvalue weighted by molar-refractivity contribution is 6.22. The highest BCUT2D eigenvalue weighted by atomic mass is 16.2. The van der Waals surface area contributed by atoms with Gasteiger partial charge in [0.05, 0.1) is 22.3 Å². The molecule has 1 atom stereocenters. The molecule has 7 nitrogen and oxygen atoms in total. The van der Waals surface area contributed by atoms with Gasteiger partial charge >= 0.3 is 0 Å². The molecule has 0 bridgehead atoms. The molecule has 4 amide bonds. The van der Waals surface area contributed by atoms with E-state index in [4.69, 9.17) is 0 Å². The molecule has 0 aliphatic carbocycles. The van der Waals surface area contributed by atoms with Crippen LogP contribution in [0, 0.1) is 0 Å². The van der Waals surface area contributed by atoms with Crippen LogP contribution < -0.4 is 0 Å². The molecule has 2 heterocycles. The smallest absolute Gasteiger partial charge is 0.261 e. The lowest BCUT2D eigenvalue weighted by atomic mass is 10.1. The van der Waals surface area contributed by atoms with Gasteiger partial charge in [0.2, 0.25) is 0 Å². The van der Waals surface area contributed by atoms with Crippen LogP contribution in [0.5, 0.6) is 0 Å². The summed E-state index contributed by atoms with van der Waals surface area (Å²) >= 11 is 0. The maximum absolute atomic E-state index is 13.4. The van der Waals surface area contributed by atoms with Crippen molar-refractivity contribution in [2.75, 3.05) is 13.1 Å². The normalized spacial score (nSPS) is 15.0. The molecular weight excluding hydrogens is 514 g/mol. The molecule has 0 N–H and O–H groups in total. The zero-order chi connectivity index (χ0) is 28.3. The molecule has 2 aliphatic heterocycles. The molecule has 2 aliphatic rings. The van der Waals surface area contributed by atoms with Crippen LogP contribution in [-0.4, -0.2) is 57.5 Å². The van der Waals surface area contributed by atoms with Crippen molar-refractivity contribution in [1.29, 1.82) is 0 Å². The third-order valence-electron chi connectivity index (χ3n) is 7.81. The molecule has 0 saturated heterocycles. The van der Waals surface area contributed by atoms with Crippen LogP contribution in [-0.2, 0) is 13.1 Å². The number of fused-ring (bicyclic) bond motifs is 2. The summed E-state index contributed by atoms with van der Waals surface area (Å²) in [6.45, 7) is 1.42. The Morgan fingerprint density at radius 1 is 0.488 bits per heavy atom. The van der Waals surface area contributed by atoms with Gasteiger partial charge in [-0.3, -0.25) is 33.9 Å². The van der Waals surface area contributed by atoms with Crippen LogP contribution in [0.1, 0.15) is 59.0 Å². The topological polar surface area (TPSA) is 78.0 Å². The van der Waals surface area contributed by atoms with E-state index in [1.165, 1.54) is 9.80 Å². The van der Waals surface area contributed by atoms with Crippen LogP contribution in [0.2, 0.25) is 0 Å². The number of hydrogen-bond donors (Lipinski definition) is 0. The molecule has 0 aromatic heterocycles. The summed E-state index contributed by atoms with van der Waals surface area (Å²) < 4.78 is 0. The molecule has 4 aromatic rings. The lowest BCUT2D eigenvalue weighted by Crippen LogP contribution is -2.47. The molecule has 41 heavy (non-hydrogen) atoms. The largest absolute Gasteiger partial charge is 0.290 e. The molecule has 0 spiro atoms. The van der Waals surface area contributed by atoms with Gasteiger partial charge in [0.1, 0.15) is 0 Å². The van der Waals surface area contributed by atoms with Crippen molar-refractivity contribution < 1.29 is 19.2 Å². The maximum atomic E-state index is 13.4. The van der Waals surface area contributed by atoms with E-state index in [0.717, 1.165) is 11.1 Å². The Morgan fingerprint density at radius 2 is 0.854 bits per heavy atom. The Kier molecular flexibility index (Phi) is 7.27. The van der Waals surface area contributed by atoms with Crippen LogP contribution in [0.4, 0.5) is 0 Å². The minimum Gasteiger partial charge on any atom is -0.290 e. The van der Waals surface area contributed by atoms with Crippen molar-refractivity contribution in [3.63, 3.8) is 0 Å². The number of nitrogens with zero attached hydrogens (tertiary/aromatic N) is 3. The lowest BCUT2D eigenvalue weighted by Gasteiger charge is -2.35. The van der Waals surface area contributed by atoms with Crippen molar-refractivity contribution in [1.82, 2.24) is 14.7 Å². The quantitative estimate of drug-likeness (QED) is 0.262. The zero-order valence-corrected chi connectivity index (χ0v) is 22.5. The SMILES string of the molecule is O=C1c2ccccc2C(=O)N1CC[C@@H](CN1C(=O)c2ccccc2C1=O)N(Cc1ccccc1)Cc1ccccc1. The summed E-state index contributed by atoms with van der Waals surface area (Å²) in [5.74, 6) is -1.28. The average molecular weight is 544 g/mol. The Hall–Kier alpha value is -4.88. The first kappa shape index (κ1) is 26.3. The Labute approximate surface area is 238 Å². The van der Waals surface area contributed by atoms with Gasteiger partial charge in [-0.15, -0.1) is 0 Å². The molecule has 6 rings (SSSR count). The number of amides is 4. The predicted octanol–water partition coefficient (Wildman–Crippen LogP) is 5.04. The molecule has 0 radical (unpaired) electrons. The average Bonchev–Trinajstić information content (AvgIpc) is 3.40. The molecule has 0 fully saturated rings. The molecule has 0 saturated carbocycles. The number of carbonyl (C=O) groups excluding carboxylic acids is 4. The van der Waals surface area contributed by atoms with E-state index < -0.39 is 0 Å². The van der Waals surface area contributed by atoms with E-state index in [-0.39, 0.29) is 42.8 Å². The molecular formula is C34H29N3O4. The highest BCUT2D eigenvalue weighted by Gasteiger charge is 2.39. The van der Waals surface area contributed by atoms with E-state index in [0.29, 0.717) is 41.8 Å². The highest BCUT2D eigenvalue weighted by Crippen LogP contribution is 2.27. The number of benzene rings is 4. The van der Waals surface area contributed by atoms with Gasteiger partial charge in [0.25, 0.3) is 23.6 Å². The van der Waals surface area contributed by atoms with Crippen LogP contribution in [0.15, 0.2) is 109 Å². The third-order valence-corrected chi connectivity index (χ3v) is 7.81. The number of hydrogen-bond acceptors (Lipinski definition) is 5. The zero-order valence-electron chi connectivity index (χ0n) is 22.5. The second kappa shape index (κ2) is 11.3. The second-order valence-electron chi connectivity index (χ2n) is 10.4. The van der Waals surface area contributed by atoms with E-state index in [9.17, 15) is 19.2 Å². The number of rotatable bonds is 10. The number of imide groups is 2. The lowest BCUT2D eigenvalue weighted by molar-refractivity contribution is 0.0519. The first-order chi connectivity index (χ1) is 20.0. The van der Waals surface area contributed by atoms with Gasteiger partial charge < -0.3 is 0 Å². The van der Waals surface area contributed by atoms with E-state index >= 15 is 0 Å². The van der Waals surface area contributed by atoms with Gasteiger partial charge in [-0.05, 0) is 41.8 Å². The van der Waals surface area contributed by atoms with Crippen LogP contribution >= 0.6 is 0 Å². The predicted molar refractivity (Wildman–Crippen MR) is 154 cm³/mol. The summed E-state index contributed by atoms with van der Waals surface area (Å²) in [5.41, 5.74) is 3.76.